The van der Waals surface area contributed by atoms with Gasteiger partial charge in [0.25, 0.3) is 0 Å². The van der Waals surface area contributed by atoms with Crippen LogP contribution < -0.4 is 10.9 Å². The van der Waals surface area contributed by atoms with Gasteiger partial charge in [-0.25, -0.2) is 8.78 Å². The summed E-state index contributed by atoms with van der Waals surface area (Å²) >= 11 is 0. The van der Waals surface area contributed by atoms with Crippen molar-refractivity contribution in [1.29, 1.82) is 0 Å². The summed E-state index contributed by atoms with van der Waals surface area (Å²) in [5, 5.41) is 1.56. The molecule has 0 bridgehead atoms. The molecule has 0 amide bonds. The van der Waals surface area contributed by atoms with Crippen LogP contribution in [0.3, 0.4) is 0 Å². The fourth-order valence-corrected chi connectivity index (χ4v) is 4.90. The number of hydrogen-bond acceptors (Lipinski definition) is 2. The van der Waals surface area contributed by atoms with Crippen molar-refractivity contribution in [2.45, 2.75) is 52.6 Å². The first-order valence-corrected chi connectivity index (χ1v) is 11.9. The number of halogens is 2. The van der Waals surface area contributed by atoms with Crippen molar-refractivity contribution in [2.24, 2.45) is 0 Å². The predicted octanol–water partition coefficient (Wildman–Crippen LogP) is 6.50. The molecule has 0 atom stereocenters. The van der Waals surface area contributed by atoms with E-state index in [2.05, 4.69) is 13.8 Å². The largest absolute Gasteiger partial charge is 0.340 e. The van der Waals surface area contributed by atoms with Gasteiger partial charge in [0.15, 0.2) is 10.9 Å². The highest BCUT2D eigenvalue weighted by molar-refractivity contribution is 6.03. The van der Waals surface area contributed by atoms with Gasteiger partial charge in [-0.3, -0.25) is 9.59 Å². The van der Waals surface area contributed by atoms with Crippen molar-refractivity contribution in [3.63, 3.8) is 0 Å². The molecule has 2 heterocycles. The second-order valence-electron chi connectivity index (χ2n) is 8.88. The Morgan fingerprint density at radius 1 is 0.588 bits per heavy atom. The van der Waals surface area contributed by atoms with E-state index in [0.717, 1.165) is 25.7 Å². The quantitative estimate of drug-likeness (QED) is 0.272. The Morgan fingerprint density at radius 2 is 0.971 bits per heavy atom. The van der Waals surface area contributed by atoms with Crippen LogP contribution in [0.4, 0.5) is 8.78 Å². The Bertz CT molecular complexity index is 1570. The molecule has 0 radical (unpaired) electrons. The molecule has 3 aromatic carbocycles. The van der Waals surface area contributed by atoms with E-state index in [1.165, 1.54) is 24.3 Å². The zero-order valence-corrected chi connectivity index (χ0v) is 19.3. The van der Waals surface area contributed by atoms with E-state index in [0.29, 0.717) is 56.7 Å². The summed E-state index contributed by atoms with van der Waals surface area (Å²) in [4.78, 5) is 27.0. The lowest BCUT2D eigenvalue weighted by molar-refractivity contribution is 0.627. The number of rotatable bonds is 6. The highest BCUT2D eigenvalue weighted by Gasteiger charge is 2.17. The van der Waals surface area contributed by atoms with Crippen LogP contribution in [0, 0.1) is 11.6 Å². The van der Waals surface area contributed by atoms with Crippen molar-refractivity contribution in [2.75, 3.05) is 0 Å². The van der Waals surface area contributed by atoms with Gasteiger partial charge >= 0.3 is 0 Å². The van der Waals surface area contributed by atoms with Crippen molar-refractivity contribution in [1.82, 2.24) is 9.13 Å². The van der Waals surface area contributed by atoms with Gasteiger partial charge in [-0.1, -0.05) is 26.7 Å². The molecule has 0 aliphatic heterocycles. The van der Waals surface area contributed by atoms with Crippen LogP contribution in [-0.4, -0.2) is 9.13 Å². The number of unbranched alkanes of at least 4 members (excludes halogenated alkanes) is 2. The lowest BCUT2D eigenvalue weighted by Gasteiger charge is -2.19. The number of pyridine rings is 2. The first kappa shape index (κ1) is 22.3. The SMILES string of the molecule is CCCCn1c2ccc(F)cc2c(=O)c2cc3c(cc21)c(=O)c1cc(F)ccc1n3CCCC. The average Bonchev–Trinajstić information content (AvgIpc) is 2.84. The summed E-state index contributed by atoms with van der Waals surface area (Å²) in [5.41, 5.74) is 2.05. The second kappa shape index (κ2) is 8.67. The normalized spacial score (nSPS) is 11.9. The minimum Gasteiger partial charge on any atom is -0.340 e. The first-order valence-electron chi connectivity index (χ1n) is 11.9. The minimum absolute atomic E-state index is 0.257. The summed E-state index contributed by atoms with van der Waals surface area (Å²) in [5.74, 6) is -0.917. The molecule has 4 nitrogen and oxygen atoms in total. The van der Waals surface area contributed by atoms with E-state index in [-0.39, 0.29) is 10.9 Å². The third-order valence-corrected chi connectivity index (χ3v) is 6.64. The van der Waals surface area contributed by atoms with Gasteiger partial charge in [0.2, 0.25) is 0 Å². The lowest BCUT2D eigenvalue weighted by atomic mass is 10.0. The van der Waals surface area contributed by atoms with Crippen molar-refractivity contribution in [3.8, 4) is 0 Å². The van der Waals surface area contributed by atoms with Crippen LogP contribution in [0.15, 0.2) is 58.1 Å². The van der Waals surface area contributed by atoms with E-state index in [1.807, 2.05) is 9.13 Å². The number of aromatic nitrogens is 2. The van der Waals surface area contributed by atoms with Gasteiger partial charge in [-0.05, 0) is 61.4 Å². The molecule has 0 saturated heterocycles. The second-order valence-corrected chi connectivity index (χ2v) is 8.88. The van der Waals surface area contributed by atoms with Crippen molar-refractivity contribution >= 4 is 43.6 Å². The van der Waals surface area contributed by atoms with Crippen molar-refractivity contribution < 1.29 is 8.78 Å². The molecule has 0 spiro atoms. The lowest BCUT2D eigenvalue weighted by Crippen LogP contribution is -2.16. The third kappa shape index (κ3) is 3.49. The topological polar surface area (TPSA) is 44.0 Å². The zero-order chi connectivity index (χ0) is 24.0. The van der Waals surface area contributed by atoms with Gasteiger partial charge < -0.3 is 9.13 Å². The molecule has 0 N–H and O–H groups in total. The fourth-order valence-electron chi connectivity index (χ4n) is 4.90. The van der Waals surface area contributed by atoms with E-state index >= 15 is 0 Å². The Kier molecular flexibility index (Phi) is 5.68. The molecule has 2 aromatic heterocycles. The summed E-state index contributed by atoms with van der Waals surface area (Å²) in [7, 11) is 0. The predicted molar refractivity (Wildman–Crippen MR) is 135 cm³/mol. The molecule has 5 aromatic rings. The molecule has 5 rings (SSSR count). The zero-order valence-electron chi connectivity index (χ0n) is 19.3. The maximum absolute atomic E-state index is 14.1. The van der Waals surface area contributed by atoms with Crippen LogP contribution in [0.25, 0.3) is 43.6 Å². The van der Waals surface area contributed by atoms with Crippen LogP contribution in [-0.2, 0) is 13.1 Å². The maximum Gasteiger partial charge on any atom is 0.197 e. The van der Waals surface area contributed by atoms with Gasteiger partial charge in [0.05, 0.1) is 22.1 Å². The summed E-state index contributed by atoms with van der Waals surface area (Å²) < 4.78 is 32.2. The van der Waals surface area contributed by atoms with E-state index in [1.54, 1.807) is 24.3 Å². The Balaban J connectivity index is 2.00. The van der Waals surface area contributed by atoms with Gasteiger partial charge in [-0.2, -0.15) is 0 Å². The highest BCUT2D eigenvalue weighted by Crippen LogP contribution is 2.27. The van der Waals surface area contributed by atoms with E-state index < -0.39 is 11.6 Å². The molecular weight excluding hydrogens is 434 g/mol. The maximum atomic E-state index is 14.1. The van der Waals surface area contributed by atoms with Gasteiger partial charge in [0.1, 0.15) is 11.6 Å². The smallest absolute Gasteiger partial charge is 0.197 e. The number of hydrogen-bond donors (Lipinski definition) is 0. The monoisotopic (exact) mass is 460 g/mol. The van der Waals surface area contributed by atoms with Crippen molar-refractivity contribution in [3.05, 3.63) is 80.6 Å². The average molecular weight is 461 g/mol. The van der Waals surface area contributed by atoms with E-state index in [4.69, 9.17) is 0 Å². The molecule has 0 aliphatic rings. The fraction of sp³-hybridized carbons (Fsp3) is 0.286. The first-order chi connectivity index (χ1) is 16.4. The molecule has 0 saturated carbocycles. The summed E-state index contributed by atoms with van der Waals surface area (Å²) in [6, 6.07) is 12.1. The molecule has 174 valence electrons. The van der Waals surface area contributed by atoms with E-state index in [9.17, 15) is 18.4 Å². The molecule has 6 heteroatoms. The van der Waals surface area contributed by atoms with Crippen LogP contribution in [0.5, 0.6) is 0 Å². The Hall–Kier alpha value is -3.54. The molecule has 0 fully saturated rings. The molecular formula is C28H26F2N2O2. The summed E-state index contributed by atoms with van der Waals surface area (Å²) in [6.07, 6.45) is 3.62. The van der Waals surface area contributed by atoms with Gasteiger partial charge in [0, 0.05) is 34.6 Å². The van der Waals surface area contributed by atoms with Crippen LogP contribution in [0.1, 0.15) is 39.5 Å². The standard InChI is InChI=1S/C28H26F2N2O2/c1-3-5-11-31-23-9-7-17(29)13-19(23)27(33)21-16-26-22(15-25(21)31)28(34)20-14-18(30)8-10-24(20)32(26)12-6-4-2/h7-10,13-16H,3-6,11-12H2,1-2H3. The third-order valence-electron chi connectivity index (χ3n) is 6.64. The molecule has 0 aliphatic carbocycles. The Morgan fingerprint density at radius 3 is 1.35 bits per heavy atom. The minimum atomic E-state index is -0.459. The number of aryl methyl sites for hydroxylation is 2. The number of nitrogens with zero attached hydrogens (tertiary/aromatic N) is 2. The van der Waals surface area contributed by atoms with Crippen LogP contribution >= 0.6 is 0 Å². The summed E-state index contributed by atoms with van der Waals surface area (Å²) in [6.45, 7) is 5.42. The van der Waals surface area contributed by atoms with Crippen LogP contribution in [0.2, 0.25) is 0 Å². The number of fused-ring (bicyclic) bond motifs is 4. The Labute approximate surface area is 195 Å². The number of benzene rings is 3. The van der Waals surface area contributed by atoms with Gasteiger partial charge in [-0.15, -0.1) is 0 Å². The molecule has 0 unspecified atom stereocenters. The molecule has 34 heavy (non-hydrogen) atoms. The highest BCUT2D eigenvalue weighted by atomic mass is 19.1.